The smallest absolute Gasteiger partial charge is 0.404 e. The van der Waals surface area contributed by atoms with E-state index in [2.05, 4.69) is 44.9 Å². The van der Waals surface area contributed by atoms with Crippen LogP contribution in [-0.4, -0.2) is 80.9 Å². The Morgan fingerprint density at radius 3 is 2.61 bits per heavy atom. The lowest BCUT2D eigenvalue weighted by atomic mass is 9.43. The van der Waals surface area contributed by atoms with Crippen molar-refractivity contribution in [3.8, 4) is 0 Å². The number of aliphatic imine (C=N–C) groups is 1. The number of amides is 1. The fourth-order valence-electron chi connectivity index (χ4n) is 6.77. The zero-order chi connectivity index (χ0) is 30.4. The molecule has 6 atom stereocenters. The number of methoxy groups -OCH3 is 1. The molecule has 13 nitrogen and oxygen atoms in total. The molecule has 4 fully saturated rings. The lowest BCUT2D eigenvalue weighted by molar-refractivity contribution is -0.525. The number of ether oxygens (including phenoxy) is 2. The molecule has 1 amide bonds. The topological polar surface area (TPSA) is 177 Å². The van der Waals surface area contributed by atoms with Crippen molar-refractivity contribution < 1.29 is 33.4 Å². The van der Waals surface area contributed by atoms with Gasteiger partial charge in [0.2, 0.25) is 5.91 Å². The van der Waals surface area contributed by atoms with Crippen molar-refractivity contribution >= 4 is 24.8 Å². The van der Waals surface area contributed by atoms with Crippen LogP contribution < -0.4 is 16.5 Å². The third-order valence-corrected chi connectivity index (χ3v) is 9.09. The maximum absolute atomic E-state index is 13.6. The summed E-state index contributed by atoms with van der Waals surface area (Å²) in [6, 6.07) is 0. The Morgan fingerprint density at radius 2 is 1.98 bits per heavy atom. The van der Waals surface area contributed by atoms with Gasteiger partial charge in [0.15, 0.2) is 10.8 Å². The van der Waals surface area contributed by atoms with Gasteiger partial charge in [-0.2, -0.15) is 0 Å². The largest absolute Gasteiger partial charge is 0.481 e. The Bertz CT molecular complexity index is 966. The van der Waals surface area contributed by atoms with Gasteiger partial charge in [-0.1, -0.05) is 33.1 Å². The summed E-state index contributed by atoms with van der Waals surface area (Å²) in [4.78, 5) is 40.8. The standard InChI is InChI=1S/C27H48BN5O8/c1-17(2)12-23(28-40-22-15-19-14-21(26(19,3)4)27(22,5)41-28)31-24(35)18(13-20(34)16-39-11-10-38-6)8-7-9-30-25(29)32-33(36)37/h17-19,21-23H,7-16H2,1-6H3,(H,31,35)(H3,29,30,32)/t18-,19-,21-,22-,23+,27+/m1/s1. The first-order valence-corrected chi connectivity index (χ1v) is 14.7. The Kier molecular flexibility index (Phi) is 11.6. The molecule has 4 aliphatic rings. The molecular formula is C27H48BN5O8. The molecule has 232 valence electrons. The van der Waals surface area contributed by atoms with Crippen LogP contribution in [0.2, 0.25) is 0 Å². The maximum atomic E-state index is 13.6. The molecule has 41 heavy (non-hydrogen) atoms. The monoisotopic (exact) mass is 581 g/mol. The highest BCUT2D eigenvalue weighted by molar-refractivity contribution is 6.47. The average Bonchev–Trinajstić information content (AvgIpc) is 3.24. The van der Waals surface area contributed by atoms with E-state index in [0.29, 0.717) is 37.7 Å². The zero-order valence-electron chi connectivity index (χ0n) is 25.4. The van der Waals surface area contributed by atoms with Crippen LogP contribution in [0.5, 0.6) is 0 Å². The van der Waals surface area contributed by atoms with Crippen LogP contribution in [0.15, 0.2) is 4.99 Å². The minimum absolute atomic E-state index is 0.00596. The molecule has 0 aromatic heterocycles. The fourth-order valence-corrected chi connectivity index (χ4v) is 6.77. The molecule has 1 heterocycles. The van der Waals surface area contributed by atoms with Crippen molar-refractivity contribution in [1.82, 2.24) is 10.7 Å². The van der Waals surface area contributed by atoms with Crippen molar-refractivity contribution in [2.45, 2.75) is 90.8 Å². The van der Waals surface area contributed by atoms with Crippen LogP contribution >= 0.6 is 0 Å². The minimum atomic E-state index is -0.791. The van der Waals surface area contributed by atoms with Crippen molar-refractivity contribution in [2.24, 2.45) is 39.8 Å². The van der Waals surface area contributed by atoms with E-state index in [4.69, 9.17) is 24.5 Å². The fraction of sp³-hybridized carbons (Fsp3) is 0.889. The first-order valence-electron chi connectivity index (χ1n) is 14.7. The highest BCUT2D eigenvalue weighted by atomic mass is 16.7. The molecule has 4 N–H and O–H groups in total. The number of carbonyl (C=O) groups is 2. The SMILES string of the molecule is COCCOCC(=O)C[C@@H](CCCN=C(N)N[N+](=O)[O-])C(=O)N[C@@H](CC(C)C)B1O[C@@H]2C[C@H]3C[C@H](C3(C)C)[C@]2(C)O1. The Balaban J connectivity index is 1.67. The number of nitrogens with zero attached hydrogens (tertiary/aromatic N) is 2. The predicted octanol–water partition coefficient (Wildman–Crippen LogP) is 1.90. The van der Waals surface area contributed by atoms with Gasteiger partial charge in [0, 0.05) is 26.0 Å². The number of rotatable bonds is 17. The van der Waals surface area contributed by atoms with E-state index in [1.54, 1.807) is 12.5 Å². The van der Waals surface area contributed by atoms with Gasteiger partial charge in [0.05, 0.1) is 30.9 Å². The maximum Gasteiger partial charge on any atom is 0.481 e. The van der Waals surface area contributed by atoms with E-state index < -0.39 is 23.7 Å². The van der Waals surface area contributed by atoms with Gasteiger partial charge >= 0.3 is 7.12 Å². The van der Waals surface area contributed by atoms with E-state index in [-0.39, 0.29) is 67.2 Å². The normalized spacial score (nSPS) is 28.0. The van der Waals surface area contributed by atoms with E-state index in [1.165, 1.54) is 0 Å². The molecule has 0 unspecified atom stereocenters. The van der Waals surface area contributed by atoms with Crippen LogP contribution in [0.25, 0.3) is 0 Å². The number of Topliss-reactive ketones (excluding diaryl/α,β-unsaturated/α-hetero) is 1. The Labute approximate surface area is 243 Å². The molecule has 0 aromatic carbocycles. The van der Waals surface area contributed by atoms with Gasteiger partial charge in [0.1, 0.15) is 6.61 Å². The van der Waals surface area contributed by atoms with Gasteiger partial charge in [-0.25, -0.2) is 15.1 Å². The second kappa shape index (κ2) is 14.3. The van der Waals surface area contributed by atoms with E-state index >= 15 is 0 Å². The lowest BCUT2D eigenvalue weighted by Crippen LogP contribution is -2.65. The molecule has 1 aliphatic heterocycles. The molecule has 0 radical (unpaired) electrons. The quantitative estimate of drug-likeness (QED) is 0.0574. The highest BCUT2D eigenvalue weighted by Gasteiger charge is 2.68. The average molecular weight is 582 g/mol. The summed E-state index contributed by atoms with van der Waals surface area (Å²) in [5, 5.41) is 12.9. The molecule has 2 bridgehead atoms. The highest BCUT2D eigenvalue weighted by Crippen LogP contribution is 2.65. The second-order valence-corrected chi connectivity index (χ2v) is 12.8. The van der Waals surface area contributed by atoms with Crippen LogP contribution in [0, 0.1) is 39.2 Å². The molecule has 3 aliphatic carbocycles. The molecular weight excluding hydrogens is 533 g/mol. The second-order valence-electron chi connectivity index (χ2n) is 12.8. The number of hydrogen-bond donors (Lipinski definition) is 3. The molecule has 0 aromatic rings. The van der Waals surface area contributed by atoms with Crippen LogP contribution in [0.3, 0.4) is 0 Å². The van der Waals surface area contributed by atoms with Crippen LogP contribution in [0.4, 0.5) is 0 Å². The first-order chi connectivity index (χ1) is 19.3. The summed E-state index contributed by atoms with van der Waals surface area (Å²) in [7, 11) is 0.977. The van der Waals surface area contributed by atoms with Crippen molar-refractivity contribution in [2.75, 3.05) is 33.5 Å². The van der Waals surface area contributed by atoms with Crippen LogP contribution in [0.1, 0.15) is 73.1 Å². The summed E-state index contributed by atoms with van der Waals surface area (Å²) in [6.07, 6.45) is 3.47. The van der Waals surface area contributed by atoms with Crippen molar-refractivity contribution in [3.63, 3.8) is 0 Å². The third-order valence-electron chi connectivity index (χ3n) is 9.09. The number of guanidine groups is 1. The number of carbonyl (C=O) groups excluding carboxylic acids is 2. The number of ketones is 1. The molecule has 3 saturated carbocycles. The predicted molar refractivity (Wildman–Crippen MR) is 153 cm³/mol. The van der Waals surface area contributed by atoms with E-state index in [0.717, 1.165) is 12.8 Å². The van der Waals surface area contributed by atoms with Crippen molar-refractivity contribution in [1.29, 1.82) is 0 Å². The summed E-state index contributed by atoms with van der Waals surface area (Å²) >= 11 is 0. The number of nitrogens with one attached hydrogen (secondary N) is 2. The third kappa shape index (κ3) is 8.39. The van der Waals surface area contributed by atoms with Gasteiger partial charge in [-0.3, -0.25) is 9.59 Å². The number of nitro groups is 1. The molecule has 1 saturated heterocycles. The molecule has 14 heteroatoms. The lowest BCUT2D eigenvalue weighted by Gasteiger charge is -2.64. The number of hydrazine groups is 1. The van der Waals surface area contributed by atoms with Gasteiger partial charge in [0.25, 0.3) is 5.96 Å². The zero-order valence-corrected chi connectivity index (χ0v) is 25.4. The number of hydrogen-bond acceptors (Lipinski definition) is 9. The van der Waals surface area contributed by atoms with Crippen LogP contribution in [-0.2, 0) is 28.4 Å². The Morgan fingerprint density at radius 1 is 1.24 bits per heavy atom. The van der Waals surface area contributed by atoms with Gasteiger partial charge in [-0.15, -0.1) is 0 Å². The van der Waals surface area contributed by atoms with E-state index in [1.807, 2.05) is 0 Å². The molecule has 0 spiro atoms. The number of nitrogens with two attached hydrogens (primary N) is 1. The molecule has 4 rings (SSSR count). The summed E-state index contributed by atoms with van der Waals surface area (Å²) in [6.45, 7) is 11.6. The summed E-state index contributed by atoms with van der Waals surface area (Å²) in [5.41, 5.74) is 7.10. The van der Waals surface area contributed by atoms with Gasteiger partial charge in [-0.05, 0) is 62.2 Å². The van der Waals surface area contributed by atoms with Gasteiger partial charge < -0.3 is 29.8 Å². The van der Waals surface area contributed by atoms with Crippen molar-refractivity contribution in [3.05, 3.63) is 10.1 Å². The minimum Gasteiger partial charge on any atom is -0.404 e. The Hall–Kier alpha value is -2.29. The first kappa shape index (κ1) is 33.2. The van der Waals surface area contributed by atoms with E-state index in [9.17, 15) is 19.7 Å². The summed E-state index contributed by atoms with van der Waals surface area (Å²) in [5.74, 6) is -0.513. The summed E-state index contributed by atoms with van der Waals surface area (Å²) < 4.78 is 23.5.